The van der Waals surface area contributed by atoms with Gasteiger partial charge in [0.2, 0.25) is 5.91 Å². The minimum atomic E-state index is -0.384. The molecule has 1 aliphatic rings. The number of amides is 1. The molecule has 4 heteroatoms. The molecular formula is C11H22N2O2. The van der Waals surface area contributed by atoms with Crippen molar-refractivity contribution < 1.29 is 9.53 Å². The number of ether oxygens (including phenoxy) is 1. The van der Waals surface area contributed by atoms with Gasteiger partial charge in [-0.15, -0.1) is 0 Å². The molecule has 1 fully saturated rings. The summed E-state index contributed by atoms with van der Waals surface area (Å²) in [4.78, 5) is 11.6. The number of hydrogen-bond acceptors (Lipinski definition) is 3. The Morgan fingerprint density at radius 2 is 2.07 bits per heavy atom. The number of carbonyl (C=O) groups is 1. The van der Waals surface area contributed by atoms with Gasteiger partial charge in [0.1, 0.15) is 0 Å². The first-order valence-corrected chi connectivity index (χ1v) is 5.72. The molecule has 1 rings (SSSR count). The summed E-state index contributed by atoms with van der Waals surface area (Å²) >= 11 is 0. The Kier molecular flexibility index (Phi) is 5.05. The van der Waals surface area contributed by atoms with E-state index in [9.17, 15) is 4.79 Å². The van der Waals surface area contributed by atoms with Crippen molar-refractivity contribution in [3.63, 3.8) is 0 Å². The minimum Gasteiger partial charge on any atom is -0.381 e. The van der Waals surface area contributed by atoms with Crippen LogP contribution in [0.2, 0.25) is 0 Å². The summed E-state index contributed by atoms with van der Waals surface area (Å²) in [5, 5.41) is 2.91. The lowest BCUT2D eigenvalue weighted by atomic mass is 9.99. The molecule has 15 heavy (non-hydrogen) atoms. The van der Waals surface area contributed by atoms with E-state index in [0.717, 1.165) is 32.6 Å². The molecule has 0 radical (unpaired) electrons. The molecule has 1 atom stereocenters. The zero-order valence-electron chi connectivity index (χ0n) is 9.66. The van der Waals surface area contributed by atoms with E-state index >= 15 is 0 Å². The van der Waals surface area contributed by atoms with Crippen molar-refractivity contribution in [1.82, 2.24) is 5.32 Å². The van der Waals surface area contributed by atoms with Gasteiger partial charge >= 0.3 is 0 Å². The molecule has 0 saturated carbocycles. The van der Waals surface area contributed by atoms with Gasteiger partial charge in [0.15, 0.2) is 0 Å². The van der Waals surface area contributed by atoms with Gasteiger partial charge in [0, 0.05) is 19.8 Å². The van der Waals surface area contributed by atoms with Crippen LogP contribution in [0.15, 0.2) is 0 Å². The van der Waals surface area contributed by atoms with E-state index in [4.69, 9.17) is 10.5 Å². The first kappa shape index (κ1) is 12.5. The summed E-state index contributed by atoms with van der Waals surface area (Å²) in [7, 11) is 0. The van der Waals surface area contributed by atoms with Crippen LogP contribution in [0.1, 0.15) is 26.7 Å². The average molecular weight is 214 g/mol. The Hall–Kier alpha value is -0.610. The molecule has 88 valence electrons. The lowest BCUT2D eigenvalue weighted by Gasteiger charge is -2.23. The molecule has 1 heterocycles. The van der Waals surface area contributed by atoms with Crippen LogP contribution in [0.5, 0.6) is 0 Å². The number of nitrogens with two attached hydrogens (primary N) is 1. The van der Waals surface area contributed by atoms with Crippen molar-refractivity contribution in [2.75, 3.05) is 19.8 Å². The molecule has 3 N–H and O–H groups in total. The fourth-order valence-corrected chi connectivity index (χ4v) is 1.62. The standard InChI is InChI=1S/C11H22N2O2/c1-8(2)10(12)11(14)13-7-9-3-5-15-6-4-9/h8-10H,3-7,12H2,1-2H3,(H,13,14)/t10-/m0/s1. The van der Waals surface area contributed by atoms with E-state index in [2.05, 4.69) is 5.32 Å². The summed E-state index contributed by atoms with van der Waals surface area (Å²) in [5.74, 6) is 0.721. The van der Waals surface area contributed by atoms with Gasteiger partial charge in [-0.1, -0.05) is 13.8 Å². The van der Waals surface area contributed by atoms with Crippen molar-refractivity contribution in [3.05, 3.63) is 0 Å². The van der Waals surface area contributed by atoms with Gasteiger partial charge in [0.05, 0.1) is 6.04 Å². The monoisotopic (exact) mass is 214 g/mol. The fraction of sp³-hybridized carbons (Fsp3) is 0.909. The lowest BCUT2D eigenvalue weighted by molar-refractivity contribution is -0.123. The van der Waals surface area contributed by atoms with Crippen molar-refractivity contribution in [2.45, 2.75) is 32.7 Å². The van der Waals surface area contributed by atoms with Gasteiger partial charge in [-0.3, -0.25) is 4.79 Å². The van der Waals surface area contributed by atoms with Crippen LogP contribution in [0, 0.1) is 11.8 Å². The Labute approximate surface area is 91.5 Å². The number of rotatable bonds is 4. The smallest absolute Gasteiger partial charge is 0.237 e. The highest BCUT2D eigenvalue weighted by atomic mass is 16.5. The molecule has 0 aromatic rings. The molecule has 0 bridgehead atoms. The normalized spacial score (nSPS) is 20.3. The Balaban J connectivity index is 2.20. The van der Waals surface area contributed by atoms with E-state index < -0.39 is 0 Å². The average Bonchev–Trinajstić information content (AvgIpc) is 2.26. The van der Waals surface area contributed by atoms with E-state index in [1.807, 2.05) is 13.8 Å². The maximum absolute atomic E-state index is 11.6. The second kappa shape index (κ2) is 6.08. The van der Waals surface area contributed by atoms with E-state index in [1.165, 1.54) is 0 Å². The number of hydrogen-bond donors (Lipinski definition) is 2. The minimum absolute atomic E-state index is 0.0310. The summed E-state index contributed by atoms with van der Waals surface area (Å²) in [6.45, 7) is 6.29. The first-order valence-electron chi connectivity index (χ1n) is 5.72. The molecule has 1 amide bonds. The van der Waals surface area contributed by atoms with Crippen LogP contribution in [-0.4, -0.2) is 31.7 Å². The third kappa shape index (κ3) is 4.18. The largest absolute Gasteiger partial charge is 0.381 e. The Morgan fingerprint density at radius 3 is 2.60 bits per heavy atom. The predicted molar refractivity (Wildman–Crippen MR) is 59.4 cm³/mol. The molecule has 0 spiro atoms. The van der Waals surface area contributed by atoms with Crippen LogP contribution in [0.4, 0.5) is 0 Å². The predicted octanol–water partition coefficient (Wildman–Crippen LogP) is 0.513. The quantitative estimate of drug-likeness (QED) is 0.717. The molecule has 0 aromatic carbocycles. The van der Waals surface area contributed by atoms with Gasteiger partial charge in [0.25, 0.3) is 0 Å². The highest BCUT2D eigenvalue weighted by molar-refractivity contribution is 5.81. The molecule has 0 aliphatic carbocycles. The van der Waals surface area contributed by atoms with Crippen LogP contribution >= 0.6 is 0 Å². The summed E-state index contributed by atoms with van der Waals surface area (Å²) in [6, 6.07) is -0.384. The molecule has 1 aliphatic heterocycles. The summed E-state index contributed by atoms with van der Waals surface area (Å²) < 4.78 is 5.25. The van der Waals surface area contributed by atoms with Crippen molar-refractivity contribution in [2.24, 2.45) is 17.6 Å². The molecule has 0 aromatic heterocycles. The van der Waals surface area contributed by atoms with Crippen LogP contribution < -0.4 is 11.1 Å². The van der Waals surface area contributed by atoms with Gasteiger partial charge in [-0.2, -0.15) is 0 Å². The van der Waals surface area contributed by atoms with Crippen LogP contribution in [0.25, 0.3) is 0 Å². The maximum atomic E-state index is 11.6. The number of carbonyl (C=O) groups excluding carboxylic acids is 1. The highest BCUT2D eigenvalue weighted by Gasteiger charge is 2.19. The van der Waals surface area contributed by atoms with Crippen molar-refractivity contribution in [1.29, 1.82) is 0 Å². The van der Waals surface area contributed by atoms with Crippen molar-refractivity contribution >= 4 is 5.91 Å². The van der Waals surface area contributed by atoms with Gasteiger partial charge in [-0.05, 0) is 24.7 Å². The highest BCUT2D eigenvalue weighted by Crippen LogP contribution is 2.13. The first-order chi connectivity index (χ1) is 7.11. The molecular weight excluding hydrogens is 192 g/mol. The zero-order chi connectivity index (χ0) is 11.3. The van der Waals surface area contributed by atoms with E-state index in [1.54, 1.807) is 0 Å². The third-order valence-electron chi connectivity index (χ3n) is 2.93. The second-order valence-electron chi connectivity index (χ2n) is 4.57. The summed E-state index contributed by atoms with van der Waals surface area (Å²) in [5.41, 5.74) is 5.74. The zero-order valence-corrected chi connectivity index (χ0v) is 9.66. The van der Waals surface area contributed by atoms with Crippen LogP contribution in [0.3, 0.4) is 0 Å². The van der Waals surface area contributed by atoms with E-state index in [-0.39, 0.29) is 17.9 Å². The maximum Gasteiger partial charge on any atom is 0.237 e. The lowest BCUT2D eigenvalue weighted by Crippen LogP contribution is -2.45. The SMILES string of the molecule is CC(C)[C@H](N)C(=O)NCC1CCOCC1. The Morgan fingerprint density at radius 1 is 1.47 bits per heavy atom. The molecule has 1 saturated heterocycles. The van der Waals surface area contributed by atoms with Gasteiger partial charge in [-0.25, -0.2) is 0 Å². The van der Waals surface area contributed by atoms with E-state index in [0.29, 0.717) is 5.92 Å². The third-order valence-corrected chi connectivity index (χ3v) is 2.93. The topological polar surface area (TPSA) is 64.4 Å². The number of nitrogens with one attached hydrogen (secondary N) is 1. The molecule has 4 nitrogen and oxygen atoms in total. The van der Waals surface area contributed by atoms with Crippen molar-refractivity contribution in [3.8, 4) is 0 Å². The fourth-order valence-electron chi connectivity index (χ4n) is 1.62. The Bertz CT molecular complexity index is 201. The van der Waals surface area contributed by atoms with Gasteiger partial charge < -0.3 is 15.8 Å². The van der Waals surface area contributed by atoms with Crippen LogP contribution in [-0.2, 0) is 9.53 Å². The molecule has 0 unspecified atom stereocenters. The second-order valence-corrected chi connectivity index (χ2v) is 4.57. The summed E-state index contributed by atoms with van der Waals surface area (Å²) in [6.07, 6.45) is 2.08.